The van der Waals surface area contributed by atoms with Gasteiger partial charge in [0.15, 0.2) is 0 Å². The van der Waals surface area contributed by atoms with Crippen LogP contribution in [0.5, 0.6) is 0 Å². The van der Waals surface area contributed by atoms with E-state index in [1.54, 1.807) is 45.0 Å². The highest BCUT2D eigenvalue weighted by Gasteiger charge is 2.40. The molecule has 2 amide bonds. The SMILES string of the molecule is CCOC(=O)C[C@H](C(=O)OCC)[C@@H](NC(=O)[C@H](NC(=O)OCc1ccccc1)C(C)C)C(=O)O. The molecule has 11 nitrogen and oxygen atoms in total. The number of carbonyl (C=O) groups excluding carboxylic acids is 4. The Hall–Kier alpha value is -3.63. The Balaban J connectivity index is 2.95. The first-order valence-electron chi connectivity index (χ1n) is 10.9. The number of carboxylic acid groups (broad SMARTS) is 1. The lowest BCUT2D eigenvalue weighted by Crippen LogP contribution is -2.57. The van der Waals surface area contributed by atoms with Gasteiger partial charge >= 0.3 is 24.0 Å². The third kappa shape index (κ3) is 9.47. The van der Waals surface area contributed by atoms with E-state index in [0.717, 1.165) is 5.56 Å². The molecular weight excluding hydrogens is 448 g/mol. The highest BCUT2D eigenvalue weighted by atomic mass is 16.6. The highest BCUT2D eigenvalue weighted by Crippen LogP contribution is 2.15. The zero-order valence-corrected chi connectivity index (χ0v) is 19.7. The summed E-state index contributed by atoms with van der Waals surface area (Å²) in [6.45, 7) is 6.31. The van der Waals surface area contributed by atoms with Crippen LogP contribution in [0.2, 0.25) is 0 Å². The second-order valence-electron chi connectivity index (χ2n) is 7.62. The molecule has 0 heterocycles. The number of alkyl carbamates (subject to hydrolysis) is 1. The van der Waals surface area contributed by atoms with Crippen LogP contribution in [0.1, 0.15) is 39.7 Å². The van der Waals surface area contributed by atoms with Crippen molar-refractivity contribution in [2.24, 2.45) is 11.8 Å². The summed E-state index contributed by atoms with van der Waals surface area (Å²) in [5.41, 5.74) is 0.741. The third-order valence-electron chi connectivity index (χ3n) is 4.68. The first-order valence-corrected chi connectivity index (χ1v) is 10.9. The molecule has 3 atom stereocenters. The fourth-order valence-corrected chi connectivity index (χ4v) is 2.99. The van der Waals surface area contributed by atoms with Crippen molar-refractivity contribution in [3.63, 3.8) is 0 Å². The van der Waals surface area contributed by atoms with Crippen molar-refractivity contribution in [3.05, 3.63) is 35.9 Å². The van der Waals surface area contributed by atoms with Crippen LogP contribution >= 0.6 is 0 Å². The van der Waals surface area contributed by atoms with Gasteiger partial charge in [-0.1, -0.05) is 44.2 Å². The monoisotopic (exact) mass is 480 g/mol. The maximum absolute atomic E-state index is 12.9. The summed E-state index contributed by atoms with van der Waals surface area (Å²) in [7, 11) is 0. The van der Waals surface area contributed by atoms with Gasteiger partial charge in [0.05, 0.1) is 25.6 Å². The van der Waals surface area contributed by atoms with Gasteiger partial charge in [-0.2, -0.15) is 0 Å². The minimum atomic E-state index is -1.79. The molecule has 0 aliphatic rings. The largest absolute Gasteiger partial charge is 0.480 e. The number of hydrogen-bond acceptors (Lipinski definition) is 8. The van der Waals surface area contributed by atoms with Crippen molar-refractivity contribution in [3.8, 4) is 0 Å². The number of aliphatic carboxylic acids is 1. The van der Waals surface area contributed by atoms with Crippen LogP contribution in [0.25, 0.3) is 0 Å². The van der Waals surface area contributed by atoms with E-state index >= 15 is 0 Å². The van der Waals surface area contributed by atoms with E-state index in [4.69, 9.17) is 14.2 Å². The lowest BCUT2D eigenvalue weighted by Gasteiger charge is -2.27. The molecule has 0 radical (unpaired) electrons. The summed E-state index contributed by atoms with van der Waals surface area (Å²) in [6.07, 6.45) is -1.49. The smallest absolute Gasteiger partial charge is 0.408 e. The number of esters is 2. The lowest BCUT2D eigenvalue weighted by atomic mass is 9.94. The van der Waals surface area contributed by atoms with Gasteiger partial charge in [0, 0.05) is 0 Å². The molecule has 0 bridgehead atoms. The van der Waals surface area contributed by atoms with Gasteiger partial charge in [-0.05, 0) is 25.3 Å². The minimum Gasteiger partial charge on any atom is -0.480 e. The van der Waals surface area contributed by atoms with E-state index < -0.39 is 60.2 Å². The molecule has 1 aromatic rings. The van der Waals surface area contributed by atoms with Crippen molar-refractivity contribution < 1.29 is 43.3 Å². The molecule has 0 unspecified atom stereocenters. The molecule has 0 aliphatic heterocycles. The molecule has 1 aromatic carbocycles. The van der Waals surface area contributed by atoms with Crippen LogP contribution in [-0.2, 0) is 40.0 Å². The third-order valence-corrected chi connectivity index (χ3v) is 4.68. The zero-order chi connectivity index (χ0) is 25.7. The van der Waals surface area contributed by atoms with Gasteiger partial charge in [-0.25, -0.2) is 9.59 Å². The van der Waals surface area contributed by atoms with E-state index in [-0.39, 0.29) is 19.8 Å². The van der Waals surface area contributed by atoms with Gasteiger partial charge in [-0.15, -0.1) is 0 Å². The first kappa shape index (κ1) is 28.4. The predicted octanol–water partition coefficient (Wildman–Crippen LogP) is 1.64. The first-order chi connectivity index (χ1) is 16.1. The quantitative estimate of drug-likeness (QED) is 0.282. The maximum atomic E-state index is 12.9. The van der Waals surface area contributed by atoms with Crippen LogP contribution in [-0.4, -0.2) is 60.3 Å². The summed E-state index contributed by atoms with van der Waals surface area (Å²) in [4.78, 5) is 61.4. The summed E-state index contributed by atoms with van der Waals surface area (Å²) < 4.78 is 14.8. The van der Waals surface area contributed by atoms with Crippen LogP contribution in [0.15, 0.2) is 30.3 Å². The Bertz CT molecular complexity index is 842. The van der Waals surface area contributed by atoms with Crippen molar-refractivity contribution in [2.45, 2.75) is 52.8 Å². The van der Waals surface area contributed by atoms with E-state index in [1.807, 2.05) is 6.07 Å². The Morgan fingerprint density at radius 2 is 1.50 bits per heavy atom. The Morgan fingerprint density at radius 3 is 2.03 bits per heavy atom. The lowest BCUT2D eigenvalue weighted by molar-refractivity contribution is -0.160. The number of nitrogens with one attached hydrogen (secondary N) is 2. The fourth-order valence-electron chi connectivity index (χ4n) is 2.99. The van der Waals surface area contributed by atoms with Gasteiger partial charge in [0.25, 0.3) is 0 Å². The van der Waals surface area contributed by atoms with Crippen LogP contribution in [0.3, 0.4) is 0 Å². The van der Waals surface area contributed by atoms with Crippen molar-refractivity contribution in [1.29, 1.82) is 0 Å². The minimum absolute atomic E-state index is 0.0265. The Kier molecular flexibility index (Phi) is 12.1. The number of ether oxygens (including phenoxy) is 3. The van der Waals surface area contributed by atoms with Gasteiger partial charge < -0.3 is 30.0 Å². The van der Waals surface area contributed by atoms with Crippen LogP contribution in [0.4, 0.5) is 4.79 Å². The second-order valence-corrected chi connectivity index (χ2v) is 7.62. The molecular formula is C23H32N2O9. The number of carbonyl (C=O) groups is 5. The molecule has 0 fully saturated rings. The summed E-state index contributed by atoms with van der Waals surface area (Å²) in [5.74, 6) is -6.19. The van der Waals surface area contributed by atoms with Crippen molar-refractivity contribution in [2.75, 3.05) is 13.2 Å². The molecule has 0 aliphatic carbocycles. The summed E-state index contributed by atoms with van der Waals surface area (Å²) in [6, 6.07) is 5.93. The van der Waals surface area contributed by atoms with Gasteiger partial charge in [0.1, 0.15) is 18.7 Å². The van der Waals surface area contributed by atoms with Gasteiger partial charge in [0.2, 0.25) is 5.91 Å². The molecule has 34 heavy (non-hydrogen) atoms. The van der Waals surface area contributed by atoms with Crippen LogP contribution < -0.4 is 10.6 Å². The predicted molar refractivity (Wildman–Crippen MR) is 119 cm³/mol. The van der Waals surface area contributed by atoms with E-state index in [2.05, 4.69) is 10.6 Å². The zero-order valence-electron chi connectivity index (χ0n) is 19.7. The number of benzene rings is 1. The number of hydrogen-bond donors (Lipinski definition) is 3. The molecule has 0 spiro atoms. The molecule has 1 rings (SSSR count). The normalized spacial score (nSPS) is 13.2. The van der Waals surface area contributed by atoms with E-state index in [0.29, 0.717) is 0 Å². The maximum Gasteiger partial charge on any atom is 0.408 e. The summed E-state index contributed by atoms with van der Waals surface area (Å²) in [5, 5.41) is 14.3. The number of carboxylic acids is 1. The molecule has 0 saturated heterocycles. The van der Waals surface area contributed by atoms with Gasteiger partial charge in [-0.3, -0.25) is 14.4 Å². The Labute approximate surface area is 198 Å². The topological polar surface area (TPSA) is 157 Å². The highest BCUT2D eigenvalue weighted by molar-refractivity contribution is 5.93. The number of amides is 2. The molecule has 3 N–H and O–H groups in total. The molecule has 188 valence electrons. The second kappa shape index (κ2) is 14.5. The number of rotatable bonds is 13. The molecule has 11 heteroatoms. The van der Waals surface area contributed by atoms with E-state index in [1.165, 1.54) is 6.92 Å². The molecule has 0 saturated carbocycles. The van der Waals surface area contributed by atoms with Crippen molar-refractivity contribution in [1.82, 2.24) is 10.6 Å². The standard InChI is InChI=1S/C23H32N2O9/c1-5-32-17(26)12-16(22(30)33-6-2)19(21(28)29)24-20(27)18(14(3)4)25-23(31)34-13-15-10-8-7-9-11-15/h7-11,14,16,18-19H,5-6,12-13H2,1-4H3,(H,24,27)(H,25,31)(H,28,29)/t16-,18+,19+/m0/s1. The summed E-state index contributed by atoms with van der Waals surface area (Å²) >= 11 is 0. The Morgan fingerprint density at radius 1 is 0.882 bits per heavy atom. The average Bonchev–Trinajstić information content (AvgIpc) is 2.78. The molecule has 0 aromatic heterocycles. The average molecular weight is 481 g/mol. The van der Waals surface area contributed by atoms with E-state index in [9.17, 15) is 29.1 Å². The van der Waals surface area contributed by atoms with Crippen LogP contribution in [0, 0.1) is 11.8 Å². The van der Waals surface area contributed by atoms with Crippen molar-refractivity contribution >= 4 is 29.9 Å². The fraction of sp³-hybridized carbons (Fsp3) is 0.522.